The molecule has 0 fully saturated rings. The molecule has 3 aromatic rings. The lowest BCUT2D eigenvalue weighted by molar-refractivity contribution is -0.119. The zero-order valence-electron chi connectivity index (χ0n) is 14.9. The molecule has 30 heavy (non-hydrogen) atoms. The maximum absolute atomic E-state index is 13.1. The molecule has 0 saturated heterocycles. The molecule has 0 saturated carbocycles. The molecule has 10 heteroatoms. The summed E-state index contributed by atoms with van der Waals surface area (Å²) >= 11 is 0. The lowest BCUT2D eigenvalue weighted by atomic mass is 10.1. The van der Waals surface area contributed by atoms with E-state index in [1.54, 1.807) is 0 Å². The molecular formula is C20H11NO9. The standard InChI is InChI=1S/C20H11NO9/c22-10-3-1-9(2-4-10)21-17(23)15(11-5-7-13(29-11)19(25)26)16(18(21)24)12-6-8-14(30-12)20(27)28/h1-8,22H,(H,25,26)(H,27,28). The van der Waals surface area contributed by atoms with Crippen LogP contribution in [0.25, 0.3) is 11.1 Å². The van der Waals surface area contributed by atoms with Crippen molar-refractivity contribution < 1.29 is 43.3 Å². The van der Waals surface area contributed by atoms with Crippen LogP contribution in [-0.4, -0.2) is 39.1 Å². The summed E-state index contributed by atoms with van der Waals surface area (Å²) in [6, 6.07) is 9.89. The van der Waals surface area contributed by atoms with Gasteiger partial charge in [0.05, 0.1) is 16.8 Å². The predicted molar refractivity (Wildman–Crippen MR) is 98.7 cm³/mol. The number of rotatable bonds is 5. The quantitative estimate of drug-likeness (QED) is 0.538. The average molecular weight is 409 g/mol. The van der Waals surface area contributed by atoms with Gasteiger partial charge in [-0.2, -0.15) is 0 Å². The summed E-state index contributed by atoms with van der Waals surface area (Å²) in [4.78, 5) is 49.3. The van der Waals surface area contributed by atoms with E-state index in [9.17, 15) is 24.3 Å². The van der Waals surface area contributed by atoms with Crippen LogP contribution in [0.5, 0.6) is 5.75 Å². The minimum absolute atomic E-state index is 0.0829. The number of hydrogen-bond donors (Lipinski definition) is 3. The average Bonchev–Trinajstić information content (AvgIpc) is 3.41. The number of carboxylic acids is 2. The summed E-state index contributed by atoms with van der Waals surface area (Å²) < 4.78 is 10.4. The number of imide groups is 1. The fourth-order valence-electron chi connectivity index (χ4n) is 3.00. The summed E-state index contributed by atoms with van der Waals surface area (Å²) in [6.07, 6.45) is 0. The van der Waals surface area contributed by atoms with Gasteiger partial charge in [-0.1, -0.05) is 0 Å². The van der Waals surface area contributed by atoms with E-state index in [1.165, 1.54) is 36.4 Å². The zero-order valence-corrected chi connectivity index (χ0v) is 14.9. The van der Waals surface area contributed by atoms with Gasteiger partial charge in [-0.3, -0.25) is 9.59 Å². The number of anilines is 1. The summed E-state index contributed by atoms with van der Waals surface area (Å²) in [5, 5.41) is 27.6. The third-order valence-electron chi connectivity index (χ3n) is 4.32. The maximum Gasteiger partial charge on any atom is 0.371 e. The Balaban J connectivity index is 1.89. The number of amides is 2. The maximum atomic E-state index is 13.1. The van der Waals surface area contributed by atoms with E-state index in [1.807, 2.05) is 0 Å². The van der Waals surface area contributed by atoms with E-state index in [2.05, 4.69) is 0 Å². The number of benzene rings is 1. The highest BCUT2D eigenvalue weighted by Crippen LogP contribution is 2.39. The van der Waals surface area contributed by atoms with Gasteiger partial charge in [0, 0.05) is 0 Å². The van der Waals surface area contributed by atoms with Gasteiger partial charge >= 0.3 is 11.9 Å². The fraction of sp³-hybridized carbons (Fsp3) is 0. The molecule has 1 aliphatic heterocycles. The van der Waals surface area contributed by atoms with Crippen LogP contribution in [0, 0.1) is 0 Å². The van der Waals surface area contributed by atoms with E-state index < -0.39 is 35.3 Å². The number of phenols is 1. The summed E-state index contributed by atoms with van der Waals surface area (Å²) in [6.45, 7) is 0. The van der Waals surface area contributed by atoms with E-state index in [0.717, 1.165) is 17.0 Å². The first kappa shape index (κ1) is 18.7. The van der Waals surface area contributed by atoms with E-state index in [0.29, 0.717) is 0 Å². The third kappa shape index (κ3) is 2.92. The van der Waals surface area contributed by atoms with Gasteiger partial charge in [0.1, 0.15) is 17.3 Å². The second kappa shape index (κ2) is 6.78. The Hall–Kier alpha value is -4.60. The fourth-order valence-corrected chi connectivity index (χ4v) is 3.00. The van der Waals surface area contributed by atoms with Crippen molar-refractivity contribution in [1.82, 2.24) is 0 Å². The molecule has 0 bridgehead atoms. The van der Waals surface area contributed by atoms with Crippen LogP contribution in [0.4, 0.5) is 5.69 Å². The van der Waals surface area contributed by atoms with Crippen molar-refractivity contribution in [3.05, 3.63) is 71.6 Å². The van der Waals surface area contributed by atoms with Crippen LogP contribution < -0.4 is 4.90 Å². The van der Waals surface area contributed by atoms with Crippen LogP contribution in [0.3, 0.4) is 0 Å². The van der Waals surface area contributed by atoms with E-state index in [-0.39, 0.29) is 34.1 Å². The Kier molecular flexibility index (Phi) is 4.24. The molecule has 0 radical (unpaired) electrons. The molecule has 2 amide bonds. The number of aromatic hydroxyl groups is 1. The van der Waals surface area contributed by atoms with E-state index >= 15 is 0 Å². The second-order valence-corrected chi connectivity index (χ2v) is 6.15. The van der Waals surface area contributed by atoms with Gasteiger partial charge in [0.15, 0.2) is 0 Å². The highest BCUT2D eigenvalue weighted by atomic mass is 16.4. The van der Waals surface area contributed by atoms with Crippen molar-refractivity contribution in [2.45, 2.75) is 0 Å². The van der Waals surface area contributed by atoms with Crippen molar-refractivity contribution in [3.8, 4) is 5.75 Å². The first-order valence-corrected chi connectivity index (χ1v) is 8.37. The summed E-state index contributed by atoms with van der Waals surface area (Å²) in [5.74, 6) is -5.80. The second-order valence-electron chi connectivity index (χ2n) is 6.15. The monoisotopic (exact) mass is 409 g/mol. The first-order valence-electron chi connectivity index (χ1n) is 8.37. The van der Waals surface area contributed by atoms with Crippen LogP contribution in [0.2, 0.25) is 0 Å². The third-order valence-corrected chi connectivity index (χ3v) is 4.32. The minimum Gasteiger partial charge on any atom is -0.508 e. The zero-order chi connectivity index (χ0) is 21.6. The molecule has 150 valence electrons. The molecule has 1 aromatic carbocycles. The molecule has 10 nitrogen and oxygen atoms in total. The Morgan fingerprint density at radius 3 is 1.50 bits per heavy atom. The van der Waals surface area contributed by atoms with Crippen LogP contribution in [0.1, 0.15) is 32.6 Å². The normalized spacial score (nSPS) is 13.9. The molecule has 0 aliphatic carbocycles. The van der Waals surface area contributed by atoms with Crippen molar-refractivity contribution in [2.75, 3.05) is 4.90 Å². The Morgan fingerprint density at radius 2 is 1.13 bits per heavy atom. The van der Waals surface area contributed by atoms with Crippen molar-refractivity contribution in [1.29, 1.82) is 0 Å². The lowest BCUT2D eigenvalue weighted by Crippen LogP contribution is -2.31. The number of phenolic OH excluding ortho intramolecular Hbond substituents is 1. The van der Waals surface area contributed by atoms with E-state index in [4.69, 9.17) is 19.0 Å². The van der Waals surface area contributed by atoms with Crippen LogP contribution in [-0.2, 0) is 9.59 Å². The van der Waals surface area contributed by atoms with Crippen molar-refractivity contribution in [3.63, 3.8) is 0 Å². The molecule has 1 aliphatic rings. The first-order chi connectivity index (χ1) is 14.3. The number of aromatic carboxylic acids is 2. The topological polar surface area (TPSA) is 158 Å². The van der Waals surface area contributed by atoms with Gasteiger partial charge in [0.2, 0.25) is 11.5 Å². The number of furan rings is 2. The number of carboxylic acid groups (broad SMARTS) is 2. The largest absolute Gasteiger partial charge is 0.508 e. The van der Waals surface area contributed by atoms with Crippen molar-refractivity contribution in [2.24, 2.45) is 0 Å². The molecule has 3 N–H and O–H groups in total. The molecular weight excluding hydrogens is 398 g/mol. The Labute approximate surface area is 166 Å². The number of carbonyl (C=O) groups is 4. The molecule has 4 rings (SSSR count). The number of hydrogen-bond acceptors (Lipinski definition) is 7. The SMILES string of the molecule is O=C(O)c1ccc(C2=C(c3ccc(C(=O)O)o3)C(=O)N(c3ccc(O)cc3)C2=O)o1. The number of nitrogens with zero attached hydrogens (tertiary/aromatic N) is 1. The number of carbonyl (C=O) groups excluding carboxylic acids is 2. The van der Waals surface area contributed by atoms with Crippen molar-refractivity contribution >= 4 is 40.6 Å². The van der Waals surface area contributed by atoms with Gasteiger partial charge in [-0.15, -0.1) is 0 Å². The molecule has 0 spiro atoms. The Bertz CT molecular complexity index is 1170. The molecule has 0 atom stereocenters. The molecule has 0 unspecified atom stereocenters. The summed E-state index contributed by atoms with van der Waals surface area (Å²) in [5.41, 5.74) is -0.441. The smallest absolute Gasteiger partial charge is 0.371 e. The van der Waals surface area contributed by atoms with Gasteiger partial charge in [-0.05, 0) is 48.5 Å². The highest BCUT2D eigenvalue weighted by molar-refractivity contribution is 6.56. The Morgan fingerprint density at radius 1 is 0.700 bits per heavy atom. The lowest BCUT2D eigenvalue weighted by Gasteiger charge is -2.14. The molecule has 3 heterocycles. The predicted octanol–water partition coefficient (Wildman–Crippen LogP) is 2.46. The van der Waals surface area contributed by atoms with Crippen LogP contribution >= 0.6 is 0 Å². The van der Waals surface area contributed by atoms with Gasteiger partial charge < -0.3 is 24.2 Å². The van der Waals surface area contributed by atoms with Crippen LogP contribution in [0.15, 0.2) is 57.4 Å². The minimum atomic E-state index is -1.37. The molecule has 2 aromatic heterocycles. The van der Waals surface area contributed by atoms with Gasteiger partial charge in [-0.25, -0.2) is 14.5 Å². The highest BCUT2D eigenvalue weighted by Gasteiger charge is 2.43. The summed E-state index contributed by atoms with van der Waals surface area (Å²) in [7, 11) is 0. The van der Waals surface area contributed by atoms with Gasteiger partial charge in [0.25, 0.3) is 11.8 Å².